The summed E-state index contributed by atoms with van der Waals surface area (Å²) in [6.45, 7) is 1.38. The molecule has 4 nitrogen and oxygen atoms in total. The number of rotatable bonds is 2. The Labute approximate surface area is 87.7 Å². The Morgan fingerprint density at radius 3 is 3.13 bits per heavy atom. The fourth-order valence-electron chi connectivity index (χ4n) is 1.74. The van der Waals surface area contributed by atoms with E-state index in [4.69, 9.17) is 10.00 Å². The third-order valence-corrected chi connectivity index (χ3v) is 2.55. The van der Waals surface area contributed by atoms with E-state index in [1.807, 2.05) is 6.07 Å². The van der Waals surface area contributed by atoms with Crippen LogP contribution in [0.5, 0.6) is 0 Å². The van der Waals surface area contributed by atoms with Crippen LogP contribution in [-0.4, -0.2) is 17.3 Å². The molecule has 0 bridgehead atoms. The number of pyridine rings is 1. The first-order valence-corrected chi connectivity index (χ1v) is 5.02. The molecular weight excluding hydrogens is 192 g/mol. The van der Waals surface area contributed by atoms with E-state index in [-0.39, 0.29) is 11.7 Å². The number of aromatic nitrogens is 1. The minimum absolute atomic E-state index is 0.135. The molecule has 1 aromatic heterocycles. The van der Waals surface area contributed by atoms with Crippen molar-refractivity contribution >= 4 is 0 Å². The second-order valence-corrected chi connectivity index (χ2v) is 3.65. The predicted molar refractivity (Wildman–Crippen MR) is 54.4 cm³/mol. The molecule has 2 rings (SSSR count). The maximum Gasteiger partial charge on any atom is 0.251 e. The van der Waals surface area contributed by atoms with E-state index >= 15 is 0 Å². The average molecular weight is 204 g/mol. The quantitative estimate of drug-likeness (QED) is 0.719. The molecule has 0 spiro atoms. The molecule has 1 saturated heterocycles. The highest BCUT2D eigenvalue weighted by Crippen LogP contribution is 2.13. The van der Waals surface area contributed by atoms with E-state index in [2.05, 4.69) is 0 Å². The van der Waals surface area contributed by atoms with Crippen LogP contribution in [0.2, 0.25) is 0 Å². The summed E-state index contributed by atoms with van der Waals surface area (Å²) in [7, 11) is 0. The van der Waals surface area contributed by atoms with Crippen molar-refractivity contribution in [1.29, 1.82) is 5.26 Å². The van der Waals surface area contributed by atoms with Crippen molar-refractivity contribution in [3.05, 3.63) is 34.2 Å². The molecule has 0 aromatic carbocycles. The first-order valence-electron chi connectivity index (χ1n) is 5.02. The third-order valence-electron chi connectivity index (χ3n) is 2.55. The van der Waals surface area contributed by atoms with Crippen molar-refractivity contribution in [2.24, 2.45) is 0 Å². The first kappa shape index (κ1) is 9.94. The number of nitriles is 1. The summed E-state index contributed by atoms with van der Waals surface area (Å²) in [4.78, 5) is 11.5. The third kappa shape index (κ3) is 2.25. The molecule has 2 heterocycles. The molecule has 1 fully saturated rings. The predicted octanol–water partition coefficient (Wildman–Crippen LogP) is 0.899. The highest BCUT2D eigenvalue weighted by molar-refractivity contribution is 5.25. The van der Waals surface area contributed by atoms with E-state index in [9.17, 15) is 4.79 Å². The van der Waals surface area contributed by atoms with Gasteiger partial charge < -0.3 is 9.30 Å². The van der Waals surface area contributed by atoms with Crippen LogP contribution in [0.15, 0.2) is 23.1 Å². The van der Waals surface area contributed by atoms with E-state index in [0.717, 1.165) is 19.4 Å². The van der Waals surface area contributed by atoms with Gasteiger partial charge in [0.05, 0.1) is 24.3 Å². The van der Waals surface area contributed by atoms with Gasteiger partial charge >= 0.3 is 0 Å². The molecule has 1 aliphatic heterocycles. The van der Waals surface area contributed by atoms with Crippen LogP contribution in [-0.2, 0) is 11.3 Å². The van der Waals surface area contributed by atoms with Gasteiger partial charge in [0.25, 0.3) is 5.56 Å². The Kier molecular flexibility index (Phi) is 2.84. The van der Waals surface area contributed by atoms with Crippen LogP contribution in [0.1, 0.15) is 18.4 Å². The summed E-state index contributed by atoms with van der Waals surface area (Å²) in [6, 6.07) is 4.95. The van der Waals surface area contributed by atoms with Crippen LogP contribution < -0.4 is 5.56 Å². The average Bonchev–Trinajstić information content (AvgIpc) is 2.74. The standard InChI is InChI=1S/C11H12N2O2/c12-7-9-3-4-13(11(14)6-9)8-10-2-1-5-15-10/h3-4,6,10H,1-2,5,8H2. The number of hydrogen-bond donors (Lipinski definition) is 0. The molecule has 1 atom stereocenters. The van der Waals surface area contributed by atoms with Crippen molar-refractivity contribution in [2.45, 2.75) is 25.5 Å². The molecule has 4 heteroatoms. The van der Waals surface area contributed by atoms with E-state index in [0.29, 0.717) is 12.1 Å². The normalized spacial score (nSPS) is 20.1. The Hall–Kier alpha value is -1.60. The van der Waals surface area contributed by atoms with Crippen LogP contribution >= 0.6 is 0 Å². The topological polar surface area (TPSA) is 55.0 Å². The molecule has 0 saturated carbocycles. The number of nitrogens with zero attached hydrogens (tertiary/aromatic N) is 2. The SMILES string of the molecule is N#Cc1ccn(CC2CCCO2)c(=O)c1. The van der Waals surface area contributed by atoms with Crippen molar-refractivity contribution in [3.8, 4) is 6.07 Å². The fraction of sp³-hybridized carbons (Fsp3) is 0.455. The van der Waals surface area contributed by atoms with E-state index < -0.39 is 0 Å². The largest absolute Gasteiger partial charge is 0.376 e. The maximum atomic E-state index is 11.5. The zero-order valence-electron chi connectivity index (χ0n) is 8.35. The second-order valence-electron chi connectivity index (χ2n) is 3.65. The van der Waals surface area contributed by atoms with Gasteiger partial charge in [0, 0.05) is 18.9 Å². The number of hydrogen-bond acceptors (Lipinski definition) is 3. The van der Waals surface area contributed by atoms with Gasteiger partial charge in [-0.05, 0) is 18.9 Å². The zero-order valence-corrected chi connectivity index (χ0v) is 8.35. The van der Waals surface area contributed by atoms with E-state index in [1.165, 1.54) is 6.07 Å². The fourth-order valence-corrected chi connectivity index (χ4v) is 1.74. The molecular formula is C11H12N2O2. The summed E-state index contributed by atoms with van der Waals surface area (Å²) < 4.78 is 7.04. The summed E-state index contributed by atoms with van der Waals surface area (Å²) in [5.41, 5.74) is 0.271. The summed E-state index contributed by atoms with van der Waals surface area (Å²) in [5.74, 6) is 0. The van der Waals surface area contributed by atoms with Crippen LogP contribution in [0.4, 0.5) is 0 Å². The van der Waals surface area contributed by atoms with Crippen LogP contribution in [0, 0.1) is 11.3 Å². The molecule has 1 aliphatic rings. The molecule has 1 unspecified atom stereocenters. The molecule has 1 aromatic rings. The van der Waals surface area contributed by atoms with Gasteiger partial charge in [-0.3, -0.25) is 4.79 Å². The first-order chi connectivity index (χ1) is 7.29. The monoisotopic (exact) mass is 204 g/mol. The van der Waals surface area contributed by atoms with Crippen molar-refractivity contribution in [3.63, 3.8) is 0 Å². The van der Waals surface area contributed by atoms with Crippen LogP contribution in [0.25, 0.3) is 0 Å². The molecule has 0 aliphatic carbocycles. The highest BCUT2D eigenvalue weighted by atomic mass is 16.5. The lowest BCUT2D eigenvalue weighted by Gasteiger charge is -2.11. The van der Waals surface area contributed by atoms with Crippen molar-refractivity contribution < 1.29 is 4.74 Å². The summed E-state index contributed by atoms with van der Waals surface area (Å²) in [6.07, 6.45) is 3.88. The van der Waals surface area contributed by atoms with Gasteiger partial charge in [-0.15, -0.1) is 0 Å². The summed E-state index contributed by atoms with van der Waals surface area (Å²) in [5, 5.41) is 8.61. The lowest BCUT2D eigenvalue weighted by Crippen LogP contribution is -2.25. The van der Waals surface area contributed by atoms with E-state index in [1.54, 1.807) is 16.8 Å². The molecule has 78 valence electrons. The smallest absolute Gasteiger partial charge is 0.251 e. The molecule has 0 radical (unpaired) electrons. The lowest BCUT2D eigenvalue weighted by atomic mass is 10.2. The minimum atomic E-state index is -0.135. The Balaban J connectivity index is 2.15. The molecule has 0 amide bonds. The van der Waals surface area contributed by atoms with Gasteiger partial charge in [0.15, 0.2) is 0 Å². The maximum absolute atomic E-state index is 11.5. The van der Waals surface area contributed by atoms with Crippen LogP contribution in [0.3, 0.4) is 0 Å². The highest BCUT2D eigenvalue weighted by Gasteiger charge is 2.16. The van der Waals surface area contributed by atoms with Gasteiger partial charge in [-0.2, -0.15) is 5.26 Å². The number of ether oxygens (including phenoxy) is 1. The lowest BCUT2D eigenvalue weighted by molar-refractivity contribution is 0.0961. The Bertz CT molecular complexity index is 439. The Morgan fingerprint density at radius 2 is 2.53 bits per heavy atom. The van der Waals surface area contributed by atoms with Gasteiger partial charge in [0.1, 0.15) is 0 Å². The second kappa shape index (κ2) is 4.28. The zero-order chi connectivity index (χ0) is 10.7. The van der Waals surface area contributed by atoms with Crippen molar-refractivity contribution in [2.75, 3.05) is 6.61 Å². The Morgan fingerprint density at radius 1 is 1.67 bits per heavy atom. The van der Waals surface area contributed by atoms with Crippen molar-refractivity contribution in [1.82, 2.24) is 4.57 Å². The minimum Gasteiger partial charge on any atom is -0.376 e. The van der Waals surface area contributed by atoms with Gasteiger partial charge in [0.2, 0.25) is 0 Å². The molecule has 0 N–H and O–H groups in total. The molecule has 15 heavy (non-hydrogen) atoms. The van der Waals surface area contributed by atoms with Gasteiger partial charge in [-0.1, -0.05) is 0 Å². The van der Waals surface area contributed by atoms with Gasteiger partial charge in [-0.25, -0.2) is 0 Å². The summed E-state index contributed by atoms with van der Waals surface area (Å²) >= 11 is 0.